The van der Waals surface area contributed by atoms with Gasteiger partial charge in [0, 0.05) is 30.6 Å². The minimum atomic E-state index is -1.13. The zero-order chi connectivity index (χ0) is 27.1. The summed E-state index contributed by atoms with van der Waals surface area (Å²) in [5.41, 5.74) is 8.17. The highest BCUT2D eigenvalue weighted by Gasteiger charge is 2.45. The molecule has 3 heterocycles. The number of benzene rings is 1. The number of imide groups is 1. The van der Waals surface area contributed by atoms with Crippen molar-refractivity contribution in [2.24, 2.45) is 22.7 Å². The predicted octanol–water partition coefficient (Wildman–Crippen LogP) is 2.24. The fraction of sp³-hybridized carbons (Fsp3) is 0.621. The molecule has 0 spiro atoms. The highest BCUT2D eigenvalue weighted by atomic mass is 16.2. The SMILES string of the molecule is NC(=O)C(CCC=O)N1C(=O)c2ccc(NCC3CC(N4CC(N5CCCCC5)C(C5CC5)=N4)C3)cc2C1=O. The van der Waals surface area contributed by atoms with Crippen LogP contribution < -0.4 is 11.1 Å². The number of fused-ring (bicyclic) bond motifs is 1. The number of nitrogens with two attached hydrogens (primary N) is 1. The Morgan fingerprint density at radius 1 is 1.10 bits per heavy atom. The van der Waals surface area contributed by atoms with Crippen molar-refractivity contribution in [3.8, 4) is 0 Å². The Hall–Kier alpha value is -3.27. The van der Waals surface area contributed by atoms with Gasteiger partial charge in [-0.25, -0.2) is 0 Å². The lowest BCUT2D eigenvalue weighted by atomic mass is 9.79. The summed E-state index contributed by atoms with van der Waals surface area (Å²) in [6.45, 7) is 4.23. The summed E-state index contributed by atoms with van der Waals surface area (Å²) in [4.78, 5) is 52.2. The molecule has 1 saturated heterocycles. The Labute approximate surface area is 228 Å². The largest absolute Gasteiger partial charge is 0.385 e. The number of nitrogens with zero attached hydrogens (tertiary/aromatic N) is 4. The van der Waals surface area contributed by atoms with E-state index in [9.17, 15) is 19.2 Å². The summed E-state index contributed by atoms with van der Waals surface area (Å²) >= 11 is 0. The standard InChI is InChI=1S/C29H38N6O4/c30-27(37)24(5-4-12-36)35-28(38)22-9-8-20(15-23(22)29(35)39)31-16-18-13-21(14-18)34-17-25(26(32-34)19-6-7-19)33-10-2-1-3-11-33/h8-9,12,15,18-19,21,24-25,31H,1-7,10-11,13-14,16-17H2,(H2,30,37). The van der Waals surface area contributed by atoms with Gasteiger partial charge in [-0.1, -0.05) is 6.42 Å². The van der Waals surface area contributed by atoms with E-state index in [2.05, 4.69) is 15.2 Å². The molecule has 1 aromatic rings. The third kappa shape index (κ3) is 5.06. The number of likely N-dealkylation sites (tertiary alicyclic amines) is 1. The number of carbonyl (C=O) groups excluding carboxylic acids is 4. The van der Waals surface area contributed by atoms with Crippen molar-refractivity contribution in [2.75, 3.05) is 31.5 Å². The quantitative estimate of drug-likeness (QED) is 0.329. The Balaban J connectivity index is 1.03. The van der Waals surface area contributed by atoms with Crippen LogP contribution >= 0.6 is 0 Å². The molecule has 2 saturated carbocycles. The first-order chi connectivity index (χ1) is 18.9. The van der Waals surface area contributed by atoms with Gasteiger partial charge in [-0.2, -0.15) is 5.10 Å². The van der Waals surface area contributed by atoms with Gasteiger partial charge < -0.3 is 15.8 Å². The van der Waals surface area contributed by atoms with Gasteiger partial charge in [0.05, 0.1) is 29.4 Å². The molecule has 0 bridgehead atoms. The summed E-state index contributed by atoms with van der Waals surface area (Å²) < 4.78 is 0. The number of hydrazone groups is 1. The molecule has 1 aromatic carbocycles. The zero-order valence-corrected chi connectivity index (χ0v) is 22.4. The molecule has 3 N–H and O–H groups in total. The Morgan fingerprint density at radius 3 is 2.54 bits per heavy atom. The molecule has 3 fully saturated rings. The molecule has 0 radical (unpaired) electrons. The maximum Gasteiger partial charge on any atom is 0.262 e. The van der Waals surface area contributed by atoms with Crippen molar-refractivity contribution in [1.82, 2.24) is 14.8 Å². The van der Waals surface area contributed by atoms with Gasteiger partial charge >= 0.3 is 0 Å². The molecule has 3 aliphatic heterocycles. The van der Waals surface area contributed by atoms with Crippen LogP contribution in [0.1, 0.15) is 78.5 Å². The van der Waals surface area contributed by atoms with Gasteiger partial charge in [-0.3, -0.25) is 29.2 Å². The molecule has 3 amide bonds. The van der Waals surface area contributed by atoms with Crippen LogP contribution in [0, 0.1) is 11.8 Å². The fourth-order valence-electron chi connectivity index (χ4n) is 6.67. The summed E-state index contributed by atoms with van der Waals surface area (Å²) in [6, 6.07) is 4.97. The van der Waals surface area contributed by atoms with Crippen LogP contribution in [-0.4, -0.2) is 88.8 Å². The van der Waals surface area contributed by atoms with E-state index >= 15 is 0 Å². The van der Waals surface area contributed by atoms with E-state index in [1.807, 2.05) is 0 Å². The highest BCUT2D eigenvalue weighted by molar-refractivity contribution is 6.23. The molecule has 5 aliphatic rings. The van der Waals surface area contributed by atoms with Crippen molar-refractivity contribution in [3.63, 3.8) is 0 Å². The fourth-order valence-corrected chi connectivity index (χ4v) is 6.67. The lowest BCUT2D eigenvalue weighted by molar-refractivity contribution is -0.122. The molecule has 2 atom stereocenters. The first-order valence-corrected chi connectivity index (χ1v) is 14.5. The van der Waals surface area contributed by atoms with Gasteiger partial charge in [-0.05, 0) is 82.2 Å². The molecule has 0 aromatic heterocycles. The number of hydrogen-bond acceptors (Lipinski definition) is 8. The van der Waals surface area contributed by atoms with E-state index in [4.69, 9.17) is 10.8 Å². The van der Waals surface area contributed by atoms with E-state index in [1.54, 1.807) is 18.2 Å². The second-order valence-electron chi connectivity index (χ2n) is 11.8. The first-order valence-electron chi connectivity index (χ1n) is 14.5. The number of anilines is 1. The molecule has 2 unspecified atom stereocenters. The lowest BCUT2D eigenvalue weighted by Gasteiger charge is -2.41. The van der Waals surface area contributed by atoms with Crippen molar-refractivity contribution in [3.05, 3.63) is 29.3 Å². The number of nitrogens with one attached hydrogen (secondary N) is 1. The molecular formula is C29H38N6O4. The molecule has 2 aliphatic carbocycles. The third-order valence-corrected chi connectivity index (χ3v) is 9.12. The zero-order valence-electron chi connectivity index (χ0n) is 22.4. The predicted molar refractivity (Wildman–Crippen MR) is 146 cm³/mol. The highest BCUT2D eigenvalue weighted by Crippen LogP contribution is 2.40. The number of carbonyl (C=O) groups is 4. The molecule has 39 heavy (non-hydrogen) atoms. The van der Waals surface area contributed by atoms with Gasteiger partial charge in [0.25, 0.3) is 11.8 Å². The number of piperidine rings is 1. The van der Waals surface area contributed by atoms with Gasteiger partial charge in [0.2, 0.25) is 5.91 Å². The van der Waals surface area contributed by atoms with Crippen LogP contribution in [0.25, 0.3) is 0 Å². The summed E-state index contributed by atoms with van der Waals surface area (Å²) in [5.74, 6) is -0.657. The average Bonchev–Trinajstić information content (AvgIpc) is 3.63. The molecule has 208 valence electrons. The maximum absolute atomic E-state index is 13.0. The molecule has 6 rings (SSSR count). The Kier molecular flexibility index (Phi) is 7.14. The van der Waals surface area contributed by atoms with Crippen molar-refractivity contribution in [2.45, 2.75) is 75.9 Å². The second-order valence-corrected chi connectivity index (χ2v) is 11.8. The van der Waals surface area contributed by atoms with Crippen molar-refractivity contribution in [1.29, 1.82) is 0 Å². The van der Waals surface area contributed by atoms with Crippen LogP contribution in [0.5, 0.6) is 0 Å². The normalized spacial score (nSPS) is 27.7. The van der Waals surface area contributed by atoms with Crippen LogP contribution in [0.2, 0.25) is 0 Å². The van der Waals surface area contributed by atoms with Crippen LogP contribution in [-0.2, 0) is 9.59 Å². The Morgan fingerprint density at radius 2 is 1.85 bits per heavy atom. The topological polar surface area (TPSA) is 128 Å². The van der Waals surface area contributed by atoms with Gasteiger partial charge in [-0.15, -0.1) is 0 Å². The van der Waals surface area contributed by atoms with Crippen LogP contribution in [0.4, 0.5) is 5.69 Å². The summed E-state index contributed by atoms with van der Waals surface area (Å²) in [6.07, 6.45) is 9.45. The first kappa shape index (κ1) is 26.0. The van der Waals surface area contributed by atoms with Crippen molar-refractivity contribution >= 4 is 35.4 Å². The molecule has 10 nitrogen and oxygen atoms in total. The summed E-state index contributed by atoms with van der Waals surface area (Å²) in [5, 5.41) is 11.0. The smallest absolute Gasteiger partial charge is 0.262 e. The van der Waals surface area contributed by atoms with E-state index in [0.717, 1.165) is 36.5 Å². The summed E-state index contributed by atoms with van der Waals surface area (Å²) in [7, 11) is 0. The monoisotopic (exact) mass is 534 g/mol. The van der Waals surface area contributed by atoms with E-state index < -0.39 is 23.8 Å². The molecular weight excluding hydrogens is 496 g/mol. The number of hydrogen-bond donors (Lipinski definition) is 2. The van der Waals surface area contributed by atoms with Crippen molar-refractivity contribution < 1.29 is 19.2 Å². The van der Waals surface area contributed by atoms with Gasteiger partial charge in [0.1, 0.15) is 12.3 Å². The number of primary amides is 1. The van der Waals surface area contributed by atoms with Gasteiger partial charge in [0.15, 0.2) is 0 Å². The number of aldehydes is 1. The minimum absolute atomic E-state index is 0.0280. The van der Waals surface area contributed by atoms with Crippen LogP contribution in [0.15, 0.2) is 23.3 Å². The maximum atomic E-state index is 13.0. The minimum Gasteiger partial charge on any atom is -0.385 e. The third-order valence-electron chi connectivity index (χ3n) is 9.12. The Bertz CT molecular complexity index is 1180. The lowest BCUT2D eigenvalue weighted by Crippen LogP contribution is -2.49. The molecule has 10 heteroatoms. The van der Waals surface area contributed by atoms with E-state index in [0.29, 0.717) is 30.2 Å². The van der Waals surface area contributed by atoms with E-state index in [1.165, 1.54) is 50.9 Å². The van der Waals surface area contributed by atoms with E-state index in [-0.39, 0.29) is 24.0 Å². The second kappa shape index (κ2) is 10.7. The average molecular weight is 535 g/mol. The van der Waals surface area contributed by atoms with Crippen LogP contribution in [0.3, 0.4) is 0 Å². The number of amides is 3. The number of rotatable bonds is 11.